The molecule has 3 amide bonds. The Hall–Kier alpha value is -3.70. The van der Waals surface area contributed by atoms with Gasteiger partial charge in [-0.2, -0.15) is 0 Å². The molecule has 1 aromatic heterocycles. The predicted molar refractivity (Wildman–Crippen MR) is 128 cm³/mol. The molecule has 0 spiro atoms. The van der Waals surface area contributed by atoms with Gasteiger partial charge in [-0.15, -0.1) is 0 Å². The summed E-state index contributed by atoms with van der Waals surface area (Å²) in [6, 6.07) is 7.82. The number of pyridine rings is 1. The average Bonchev–Trinajstić information content (AvgIpc) is 2.86. The molecule has 2 aromatic rings. The van der Waals surface area contributed by atoms with E-state index >= 15 is 0 Å². The fourth-order valence-corrected chi connectivity index (χ4v) is 3.63. The van der Waals surface area contributed by atoms with Gasteiger partial charge in [-0.3, -0.25) is 15.2 Å². The summed E-state index contributed by atoms with van der Waals surface area (Å²) in [5.74, 6) is 6.02. The summed E-state index contributed by atoms with van der Waals surface area (Å²) in [4.78, 5) is 31.4. The van der Waals surface area contributed by atoms with Gasteiger partial charge in [0.25, 0.3) is 5.91 Å². The monoisotopic (exact) mass is 469 g/mol. The van der Waals surface area contributed by atoms with Crippen LogP contribution in [0.2, 0.25) is 0 Å². The number of amidine groups is 1. The van der Waals surface area contributed by atoms with E-state index in [1.165, 1.54) is 7.11 Å². The van der Waals surface area contributed by atoms with Gasteiger partial charge in [-0.05, 0) is 55.7 Å². The smallest absolute Gasteiger partial charge is 0.317 e. The Morgan fingerprint density at radius 3 is 2.79 bits per heavy atom. The van der Waals surface area contributed by atoms with Crippen molar-refractivity contribution in [2.45, 2.75) is 32.9 Å². The third-order valence-corrected chi connectivity index (χ3v) is 5.62. The van der Waals surface area contributed by atoms with Gasteiger partial charge in [0.2, 0.25) is 0 Å². The minimum Gasteiger partial charge on any atom is -0.496 e. The molecule has 11 nitrogen and oxygen atoms in total. The minimum atomic E-state index is -0.466. The van der Waals surface area contributed by atoms with Crippen LogP contribution in [0.3, 0.4) is 0 Å². The maximum absolute atomic E-state index is 13.1. The normalized spacial score (nSPS) is 13.5. The number of hydrogen-bond acceptors (Lipinski definition) is 7. The van der Waals surface area contributed by atoms with Crippen LogP contribution in [0.1, 0.15) is 41.0 Å². The number of nitrogens with one attached hydrogen (secondary N) is 3. The molecule has 2 heterocycles. The van der Waals surface area contributed by atoms with Crippen molar-refractivity contribution in [1.29, 1.82) is 5.41 Å². The van der Waals surface area contributed by atoms with Crippen LogP contribution in [0, 0.1) is 5.41 Å². The third kappa shape index (κ3) is 5.43. The molecule has 1 aliphatic rings. The summed E-state index contributed by atoms with van der Waals surface area (Å²) in [5, 5.41) is 24.2. The molecule has 0 bridgehead atoms. The van der Waals surface area contributed by atoms with E-state index in [1.54, 1.807) is 36.1 Å². The summed E-state index contributed by atoms with van der Waals surface area (Å²) >= 11 is 0. The van der Waals surface area contributed by atoms with Crippen LogP contribution in [0.4, 0.5) is 10.6 Å². The number of aromatic nitrogens is 1. The molecular weight excluding hydrogens is 438 g/mol. The van der Waals surface area contributed by atoms with Crippen LogP contribution in [0.25, 0.3) is 0 Å². The second-order valence-corrected chi connectivity index (χ2v) is 7.98. The first kappa shape index (κ1) is 24.9. The SMILES string of the molecule is CCNC(=O)N1CCc2cc(OC)c(C(=O)Nc3cccc(C(=N)N(N)C(C)CO)n3)cc2C1. The minimum absolute atomic E-state index is 0.0885. The van der Waals surface area contributed by atoms with Gasteiger partial charge in [0, 0.05) is 19.6 Å². The standard InChI is InChI=1S/C23H31N7O4/c1-4-26-23(33)29-9-8-15-11-19(34-3)17(10-16(15)12-29)22(32)28-20-7-5-6-18(27-20)21(24)30(25)14(2)13-31/h5-7,10-11,14,24,31H,4,8-9,12-13,25H2,1-3H3,(H,26,33)(H,27,28,32). The topological polar surface area (TPSA) is 157 Å². The van der Waals surface area contributed by atoms with Crippen molar-refractivity contribution >= 4 is 23.6 Å². The number of hydrazine groups is 1. The Bertz CT molecular complexity index is 1080. The number of urea groups is 1. The maximum atomic E-state index is 13.1. The summed E-state index contributed by atoms with van der Waals surface area (Å²) in [5.41, 5.74) is 2.47. The van der Waals surface area contributed by atoms with Crippen LogP contribution in [-0.2, 0) is 13.0 Å². The van der Waals surface area contributed by atoms with Crippen molar-refractivity contribution in [2.75, 3.05) is 32.1 Å². The lowest BCUT2D eigenvalue weighted by atomic mass is 9.96. The Morgan fingerprint density at radius 2 is 2.12 bits per heavy atom. The molecule has 0 fully saturated rings. The van der Waals surface area contributed by atoms with E-state index < -0.39 is 11.9 Å². The molecule has 11 heteroatoms. The molecule has 1 aliphatic heterocycles. The molecule has 0 aliphatic carbocycles. The first-order chi connectivity index (χ1) is 16.3. The highest BCUT2D eigenvalue weighted by atomic mass is 16.5. The molecule has 0 saturated carbocycles. The molecule has 1 aromatic carbocycles. The van der Waals surface area contributed by atoms with Gasteiger partial charge in [-0.1, -0.05) is 6.07 Å². The zero-order chi connectivity index (χ0) is 24.8. The van der Waals surface area contributed by atoms with Crippen LogP contribution < -0.4 is 21.2 Å². The number of aliphatic hydroxyl groups is 1. The second-order valence-electron chi connectivity index (χ2n) is 7.98. The van der Waals surface area contributed by atoms with Crippen molar-refractivity contribution < 1.29 is 19.4 Å². The molecule has 1 unspecified atom stereocenters. The van der Waals surface area contributed by atoms with E-state index in [0.717, 1.165) is 16.1 Å². The lowest BCUT2D eigenvalue weighted by Crippen LogP contribution is -2.46. The number of hydrogen-bond donors (Lipinski definition) is 5. The number of methoxy groups -OCH3 is 1. The summed E-state index contributed by atoms with van der Waals surface area (Å²) < 4.78 is 5.46. The largest absolute Gasteiger partial charge is 0.496 e. The van der Waals surface area contributed by atoms with E-state index in [-0.39, 0.29) is 30.0 Å². The van der Waals surface area contributed by atoms with Gasteiger partial charge in [0.1, 0.15) is 17.3 Å². The number of benzene rings is 1. The summed E-state index contributed by atoms with van der Waals surface area (Å²) in [6.45, 7) is 4.85. The summed E-state index contributed by atoms with van der Waals surface area (Å²) in [6.07, 6.45) is 0.665. The van der Waals surface area contributed by atoms with Crippen molar-refractivity contribution in [2.24, 2.45) is 5.84 Å². The molecule has 0 saturated heterocycles. The number of carbonyl (C=O) groups is 2. The Labute approximate surface area is 198 Å². The molecule has 1 atom stereocenters. The zero-order valence-corrected chi connectivity index (χ0v) is 19.6. The van der Waals surface area contributed by atoms with Crippen molar-refractivity contribution in [1.82, 2.24) is 20.2 Å². The Kier molecular flexibility index (Phi) is 8.03. The van der Waals surface area contributed by atoms with E-state index in [0.29, 0.717) is 37.4 Å². The average molecular weight is 470 g/mol. The number of ether oxygens (including phenoxy) is 1. The van der Waals surface area contributed by atoms with Gasteiger partial charge in [0.05, 0.1) is 25.3 Å². The predicted octanol–water partition coefficient (Wildman–Crippen LogP) is 1.31. The summed E-state index contributed by atoms with van der Waals surface area (Å²) in [7, 11) is 1.50. The molecule has 0 radical (unpaired) electrons. The van der Waals surface area contributed by atoms with E-state index in [4.69, 9.17) is 16.0 Å². The first-order valence-electron chi connectivity index (χ1n) is 11.0. The Balaban J connectivity index is 1.82. The number of carbonyl (C=O) groups excluding carboxylic acids is 2. The molecule has 182 valence electrons. The van der Waals surface area contributed by atoms with Crippen molar-refractivity contribution in [3.05, 3.63) is 52.7 Å². The van der Waals surface area contributed by atoms with Gasteiger partial charge >= 0.3 is 6.03 Å². The van der Waals surface area contributed by atoms with Crippen LogP contribution in [0.5, 0.6) is 5.75 Å². The highest BCUT2D eigenvalue weighted by Gasteiger charge is 2.24. The maximum Gasteiger partial charge on any atom is 0.317 e. The number of aliphatic hydroxyl groups excluding tert-OH is 1. The van der Waals surface area contributed by atoms with E-state index in [9.17, 15) is 14.7 Å². The molecule has 6 N–H and O–H groups in total. The number of fused-ring (bicyclic) bond motifs is 1. The third-order valence-electron chi connectivity index (χ3n) is 5.62. The molecule has 3 rings (SSSR count). The molecular formula is C23H31N7O4. The number of nitrogens with zero attached hydrogens (tertiary/aromatic N) is 3. The van der Waals surface area contributed by atoms with Crippen molar-refractivity contribution in [3.8, 4) is 5.75 Å². The quantitative estimate of drug-likeness (QED) is 0.177. The van der Waals surface area contributed by atoms with E-state index in [2.05, 4.69) is 15.6 Å². The van der Waals surface area contributed by atoms with Gasteiger partial charge in [-0.25, -0.2) is 15.6 Å². The van der Waals surface area contributed by atoms with Gasteiger partial charge < -0.3 is 25.4 Å². The zero-order valence-electron chi connectivity index (χ0n) is 19.6. The van der Waals surface area contributed by atoms with E-state index in [1.807, 2.05) is 13.0 Å². The van der Waals surface area contributed by atoms with Crippen LogP contribution >= 0.6 is 0 Å². The number of anilines is 1. The first-order valence-corrected chi connectivity index (χ1v) is 11.0. The number of rotatable bonds is 7. The fourth-order valence-electron chi connectivity index (χ4n) is 3.63. The number of amides is 3. The van der Waals surface area contributed by atoms with Crippen molar-refractivity contribution in [3.63, 3.8) is 0 Å². The second kappa shape index (κ2) is 10.9. The Morgan fingerprint density at radius 1 is 1.35 bits per heavy atom. The molecule has 34 heavy (non-hydrogen) atoms. The highest BCUT2D eigenvalue weighted by Crippen LogP contribution is 2.28. The lowest BCUT2D eigenvalue weighted by molar-refractivity contribution is 0.102. The van der Waals surface area contributed by atoms with Gasteiger partial charge in [0.15, 0.2) is 5.84 Å². The lowest BCUT2D eigenvalue weighted by Gasteiger charge is -2.29. The number of nitrogens with two attached hydrogens (primary N) is 1. The highest BCUT2D eigenvalue weighted by molar-refractivity contribution is 6.06. The van der Waals surface area contributed by atoms with Crippen LogP contribution in [-0.4, -0.2) is 70.6 Å². The fraction of sp³-hybridized carbons (Fsp3) is 0.391. The van der Waals surface area contributed by atoms with Crippen LogP contribution in [0.15, 0.2) is 30.3 Å².